The summed E-state index contributed by atoms with van der Waals surface area (Å²) in [6, 6.07) is 6.99. The highest BCUT2D eigenvalue weighted by Crippen LogP contribution is 2.19. The minimum atomic E-state index is -3.52. The summed E-state index contributed by atoms with van der Waals surface area (Å²) in [6.45, 7) is 0.911. The van der Waals surface area contributed by atoms with Crippen molar-refractivity contribution in [3.63, 3.8) is 0 Å². The highest BCUT2D eigenvalue weighted by Gasteiger charge is 2.22. The fraction of sp³-hybridized carbons (Fsp3) is 0.500. The molecular formula is C14H19IN2O4S. The quantitative estimate of drug-likeness (QED) is 0.681. The summed E-state index contributed by atoms with van der Waals surface area (Å²) < 4.78 is 31.4. The lowest BCUT2D eigenvalue weighted by molar-refractivity contribution is -0.120. The third kappa shape index (κ3) is 5.10. The van der Waals surface area contributed by atoms with Gasteiger partial charge in [-0.25, -0.2) is 8.42 Å². The van der Waals surface area contributed by atoms with E-state index in [0.717, 1.165) is 33.6 Å². The van der Waals surface area contributed by atoms with Crippen LogP contribution in [0.5, 0.6) is 0 Å². The molecule has 1 unspecified atom stereocenters. The average Bonchev–Trinajstić information content (AvgIpc) is 2.96. The van der Waals surface area contributed by atoms with Gasteiger partial charge in [-0.2, -0.15) is 0 Å². The molecule has 0 aliphatic carbocycles. The van der Waals surface area contributed by atoms with Crippen LogP contribution in [0.25, 0.3) is 0 Å². The minimum Gasteiger partial charge on any atom is -0.376 e. The van der Waals surface area contributed by atoms with Gasteiger partial charge in [0.2, 0.25) is 15.9 Å². The molecular weight excluding hydrogens is 419 g/mol. The topological polar surface area (TPSA) is 75.7 Å². The number of carbonyl (C=O) groups excluding carboxylic acids is 1. The minimum absolute atomic E-state index is 0.0361. The zero-order chi connectivity index (χ0) is 16.2. The molecule has 1 heterocycles. The SMILES string of the molecule is CS(=O)(=O)N(CC(=O)NCC1CCCO1)c1ccc(I)cc1. The zero-order valence-electron chi connectivity index (χ0n) is 12.3. The highest BCUT2D eigenvalue weighted by atomic mass is 127. The summed E-state index contributed by atoms with van der Waals surface area (Å²) >= 11 is 2.14. The summed E-state index contributed by atoms with van der Waals surface area (Å²) in [7, 11) is -3.52. The van der Waals surface area contributed by atoms with Gasteiger partial charge >= 0.3 is 0 Å². The lowest BCUT2D eigenvalue weighted by Crippen LogP contribution is -2.42. The van der Waals surface area contributed by atoms with Crippen molar-refractivity contribution in [2.75, 3.05) is 30.3 Å². The summed E-state index contributed by atoms with van der Waals surface area (Å²) in [6.07, 6.45) is 3.05. The van der Waals surface area contributed by atoms with E-state index in [0.29, 0.717) is 12.2 Å². The van der Waals surface area contributed by atoms with Crippen molar-refractivity contribution in [1.82, 2.24) is 5.32 Å². The summed E-state index contributed by atoms with van der Waals surface area (Å²) in [5.74, 6) is -0.334. The number of amides is 1. The summed E-state index contributed by atoms with van der Waals surface area (Å²) in [5.41, 5.74) is 0.482. The molecule has 1 aliphatic rings. The number of nitrogens with zero attached hydrogens (tertiary/aromatic N) is 1. The number of rotatable bonds is 6. The number of carbonyl (C=O) groups is 1. The number of hydrogen-bond donors (Lipinski definition) is 1. The Balaban J connectivity index is 2.00. The second-order valence-corrected chi connectivity index (χ2v) is 8.34. The van der Waals surface area contributed by atoms with Gasteiger partial charge < -0.3 is 10.1 Å². The van der Waals surface area contributed by atoms with Gasteiger partial charge in [0.25, 0.3) is 0 Å². The van der Waals surface area contributed by atoms with E-state index in [1.165, 1.54) is 0 Å². The average molecular weight is 438 g/mol. The van der Waals surface area contributed by atoms with Crippen LogP contribution in [0.4, 0.5) is 5.69 Å². The first-order valence-electron chi connectivity index (χ1n) is 6.98. The molecule has 1 N–H and O–H groups in total. The maximum atomic E-state index is 12.0. The number of nitrogens with one attached hydrogen (secondary N) is 1. The maximum absolute atomic E-state index is 12.0. The van der Waals surface area contributed by atoms with E-state index in [1.807, 2.05) is 0 Å². The van der Waals surface area contributed by atoms with Crippen LogP contribution in [-0.2, 0) is 19.6 Å². The summed E-state index contributed by atoms with van der Waals surface area (Å²) in [5, 5.41) is 2.74. The molecule has 0 aromatic heterocycles. The Morgan fingerprint density at radius 1 is 1.41 bits per heavy atom. The van der Waals surface area contributed by atoms with Gasteiger partial charge in [-0.05, 0) is 59.7 Å². The molecule has 0 saturated carbocycles. The molecule has 0 spiro atoms. The Hall–Kier alpha value is -0.870. The van der Waals surface area contributed by atoms with Crippen molar-refractivity contribution >= 4 is 44.2 Å². The molecule has 1 aromatic carbocycles. The molecule has 6 nitrogen and oxygen atoms in total. The molecule has 0 radical (unpaired) electrons. The second-order valence-electron chi connectivity index (χ2n) is 5.19. The smallest absolute Gasteiger partial charge is 0.240 e. The van der Waals surface area contributed by atoms with Crippen LogP contribution in [0.2, 0.25) is 0 Å². The van der Waals surface area contributed by atoms with Crippen molar-refractivity contribution in [3.8, 4) is 0 Å². The lowest BCUT2D eigenvalue weighted by Gasteiger charge is -2.22. The fourth-order valence-corrected chi connectivity index (χ4v) is 3.44. The Morgan fingerprint density at radius 3 is 2.64 bits per heavy atom. The molecule has 1 atom stereocenters. The molecule has 2 rings (SSSR count). The van der Waals surface area contributed by atoms with Gasteiger partial charge in [-0.1, -0.05) is 0 Å². The molecule has 1 fully saturated rings. The predicted molar refractivity (Wildman–Crippen MR) is 93.3 cm³/mol. The van der Waals surface area contributed by atoms with Crippen LogP contribution in [-0.4, -0.2) is 46.4 Å². The highest BCUT2D eigenvalue weighted by molar-refractivity contribution is 14.1. The number of hydrogen-bond acceptors (Lipinski definition) is 4. The van der Waals surface area contributed by atoms with E-state index in [1.54, 1.807) is 24.3 Å². The first-order chi connectivity index (χ1) is 10.4. The van der Waals surface area contributed by atoms with Crippen molar-refractivity contribution in [2.45, 2.75) is 18.9 Å². The number of halogens is 1. The largest absolute Gasteiger partial charge is 0.376 e. The molecule has 1 saturated heterocycles. The van der Waals surface area contributed by atoms with Crippen molar-refractivity contribution in [1.29, 1.82) is 0 Å². The van der Waals surface area contributed by atoms with Gasteiger partial charge in [0.15, 0.2) is 0 Å². The molecule has 1 aliphatic heterocycles. The van der Waals surface area contributed by atoms with Crippen LogP contribution in [0.3, 0.4) is 0 Å². The standard InChI is InChI=1S/C14H19IN2O4S/c1-22(19,20)17(12-6-4-11(15)5-7-12)10-14(18)16-9-13-3-2-8-21-13/h4-7,13H,2-3,8-10H2,1H3,(H,16,18). The second kappa shape index (κ2) is 7.60. The Bertz CT molecular complexity index is 612. The van der Waals surface area contributed by atoms with Gasteiger partial charge in [-0.15, -0.1) is 0 Å². The third-order valence-corrected chi connectivity index (χ3v) is 5.21. The van der Waals surface area contributed by atoms with Gasteiger partial charge in [0.1, 0.15) is 6.54 Å². The van der Waals surface area contributed by atoms with E-state index in [4.69, 9.17) is 4.74 Å². The molecule has 1 aromatic rings. The third-order valence-electron chi connectivity index (χ3n) is 3.35. The molecule has 22 heavy (non-hydrogen) atoms. The van der Waals surface area contributed by atoms with E-state index in [9.17, 15) is 13.2 Å². The monoisotopic (exact) mass is 438 g/mol. The Morgan fingerprint density at radius 2 is 2.09 bits per heavy atom. The predicted octanol–water partition coefficient (Wildman–Crippen LogP) is 1.35. The van der Waals surface area contributed by atoms with Crippen LogP contribution in [0.1, 0.15) is 12.8 Å². The lowest BCUT2D eigenvalue weighted by atomic mass is 10.2. The Labute approximate surface area is 144 Å². The normalized spacial score (nSPS) is 18.2. The van der Waals surface area contributed by atoms with E-state index >= 15 is 0 Å². The van der Waals surface area contributed by atoms with E-state index in [2.05, 4.69) is 27.9 Å². The molecule has 8 heteroatoms. The van der Waals surface area contributed by atoms with Crippen molar-refractivity contribution < 1.29 is 17.9 Å². The maximum Gasteiger partial charge on any atom is 0.240 e. The van der Waals surface area contributed by atoms with E-state index in [-0.39, 0.29) is 18.6 Å². The van der Waals surface area contributed by atoms with Gasteiger partial charge in [0.05, 0.1) is 18.0 Å². The summed E-state index contributed by atoms with van der Waals surface area (Å²) in [4.78, 5) is 12.0. The van der Waals surface area contributed by atoms with Gasteiger partial charge in [-0.3, -0.25) is 9.10 Å². The first kappa shape index (κ1) is 17.5. The zero-order valence-corrected chi connectivity index (χ0v) is 15.3. The first-order valence-corrected chi connectivity index (χ1v) is 9.90. The van der Waals surface area contributed by atoms with Crippen LogP contribution in [0.15, 0.2) is 24.3 Å². The molecule has 1 amide bonds. The number of benzene rings is 1. The van der Waals surface area contributed by atoms with Crippen molar-refractivity contribution in [2.24, 2.45) is 0 Å². The van der Waals surface area contributed by atoms with Crippen LogP contribution < -0.4 is 9.62 Å². The number of anilines is 1. The van der Waals surface area contributed by atoms with Crippen molar-refractivity contribution in [3.05, 3.63) is 27.8 Å². The molecule has 0 bridgehead atoms. The Kier molecular flexibility index (Phi) is 6.04. The van der Waals surface area contributed by atoms with Gasteiger partial charge in [0, 0.05) is 16.7 Å². The van der Waals surface area contributed by atoms with Crippen LogP contribution >= 0.6 is 22.6 Å². The number of sulfonamides is 1. The number of ether oxygens (including phenoxy) is 1. The fourth-order valence-electron chi connectivity index (χ4n) is 2.23. The van der Waals surface area contributed by atoms with Crippen LogP contribution in [0, 0.1) is 3.57 Å². The van der Waals surface area contributed by atoms with E-state index < -0.39 is 10.0 Å². The molecule has 122 valence electrons.